The summed E-state index contributed by atoms with van der Waals surface area (Å²) >= 11 is 0. The molecule has 0 aliphatic carbocycles. The van der Waals surface area contributed by atoms with Crippen LogP contribution in [0, 0.1) is 11.8 Å². The predicted molar refractivity (Wildman–Crippen MR) is 63.0 cm³/mol. The molecule has 2 rings (SSSR count). The third-order valence-electron chi connectivity index (χ3n) is 2.16. The van der Waals surface area contributed by atoms with Gasteiger partial charge in [-0.15, -0.1) is 0 Å². The minimum absolute atomic E-state index is 0.0521. The second-order valence-corrected chi connectivity index (χ2v) is 3.34. The number of rotatable bonds is 1. The minimum atomic E-state index is -0.0521. The summed E-state index contributed by atoms with van der Waals surface area (Å²) in [5.41, 5.74) is 6.67. The van der Waals surface area contributed by atoms with Crippen molar-refractivity contribution in [3.05, 3.63) is 46.3 Å². The first-order valence-electron chi connectivity index (χ1n) is 5.02. The van der Waals surface area contributed by atoms with Crippen molar-refractivity contribution < 1.29 is 4.42 Å². The Kier molecular flexibility index (Phi) is 3.04. The molecule has 2 N–H and O–H groups in total. The maximum absolute atomic E-state index is 11.5. The molecule has 0 atom stereocenters. The molecule has 0 spiro atoms. The van der Waals surface area contributed by atoms with Gasteiger partial charge in [0.15, 0.2) is 5.43 Å². The van der Waals surface area contributed by atoms with Gasteiger partial charge in [0, 0.05) is 24.6 Å². The standard InChI is InChI=1S/C13H11NO2/c14-7-2-1-3-10-4-5-13-11(9-10)12(15)6-8-16-13/h4-6,8-9H,2,7,14H2. The Hall–Kier alpha value is -2.05. The summed E-state index contributed by atoms with van der Waals surface area (Å²) in [6.45, 7) is 0.544. The highest BCUT2D eigenvalue weighted by molar-refractivity contribution is 5.77. The molecule has 80 valence electrons. The lowest BCUT2D eigenvalue weighted by Crippen LogP contribution is -1.98. The zero-order valence-corrected chi connectivity index (χ0v) is 8.69. The van der Waals surface area contributed by atoms with E-state index >= 15 is 0 Å². The molecular formula is C13H11NO2. The molecular weight excluding hydrogens is 202 g/mol. The molecule has 0 amide bonds. The van der Waals surface area contributed by atoms with Crippen LogP contribution in [0.3, 0.4) is 0 Å². The molecule has 1 heterocycles. The van der Waals surface area contributed by atoms with Gasteiger partial charge in [0.2, 0.25) is 0 Å². The van der Waals surface area contributed by atoms with Crippen LogP contribution < -0.4 is 11.2 Å². The van der Waals surface area contributed by atoms with E-state index in [1.165, 1.54) is 12.3 Å². The van der Waals surface area contributed by atoms with Crippen LogP contribution >= 0.6 is 0 Å². The van der Waals surface area contributed by atoms with E-state index in [2.05, 4.69) is 11.8 Å². The average molecular weight is 213 g/mol. The van der Waals surface area contributed by atoms with Crippen LogP contribution in [0.15, 0.2) is 39.7 Å². The molecule has 0 fully saturated rings. The van der Waals surface area contributed by atoms with E-state index in [0.717, 1.165) is 5.56 Å². The van der Waals surface area contributed by atoms with E-state index in [1.54, 1.807) is 12.1 Å². The van der Waals surface area contributed by atoms with E-state index in [9.17, 15) is 4.79 Å². The average Bonchev–Trinajstić information content (AvgIpc) is 2.30. The third kappa shape index (κ3) is 2.13. The van der Waals surface area contributed by atoms with Crippen LogP contribution in [0.2, 0.25) is 0 Å². The number of nitrogens with two attached hydrogens (primary N) is 1. The van der Waals surface area contributed by atoms with Gasteiger partial charge in [-0.05, 0) is 18.2 Å². The zero-order chi connectivity index (χ0) is 11.4. The van der Waals surface area contributed by atoms with Crippen molar-refractivity contribution in [3.63, 3.8) is 0 Å². The van der Waals surface area contributed by atoms with Crippen molar-refractivity contribution >= 4 is 11.0 Å². The number of benzene rings is 1. The highest BCUT2D eigenvalue weighted by Gasteiger charge is 1.99. The van der Waals surface area contributed by atoms with Crippen molar-refractivity contribution in [1.82, 2.24) is 0 Å². The van der Waals surface area contributed by atoms with Gasteiger partial charge in [0.1, 0.15) is 5.58 Å². The first-order chi connectivity index (χ1) is 7.81. The van der Waals surface area contributed by atoms with Gasteiger partial charge in [-0.2, -0.15) is 0 Å². The molecule has 3 heteroatoms. The molecule has 0 unspecified atom stereocenters. The van der Waals surface area contributed by atoms with Gasteiger partial charge in [0.25, 0.3) is 0 Å². The fourth-order valence-electron chi connectivity index (χ4n) is 1.40. The summed E-state index contributed by atoms with van der Waals surface area (Å²) in [4.78, 5) is 11.5. The minimum Gasteiger partial charge on any atom is -0.464 e. The molecule has 3 nitrogen and oxygen atoms in total. The van der Waals surface area contributed by atoms with Gasteiger partial charge in [-0.1, -0.05) is 11.8 Å². The van der Waals surface area contributed by atoms with Crippen LogP contribution in [0.5, 0.6) is 0 Å². The van der Waals surface area contributed by atoms with E-state index < -0.39 is 0 Å². The second-order valence-electron chi connectivity index (χ2n) is 3.34. The van der Waals surface area contributed by atoms with Crippen molar-refractivity contribution in [2.75, 3.05) is 6.54 Å². The maximum atomic E-state index is 11.5. The molecule has 0 radical (unpaired) electrons. The first-order valence-corrected chi connectivity index (χ1v) is 5.02. The second kappa shape index (κ2) is 4.65. The van der Waals surface area contributed by atoms with Crippen molar-refractivity contribution in [1.29, 1.82) is 0 Å². The van der Waals surface area contributed by atoms with E-state index in [-0.39, 0.29) is 5.43 Å². The Labute approximate surface area is 92.9 Å². The van der Waals surface area contributed by atoms with Gasteiger partial charge >= 0.3 is 0 Å². The summed E-state index contributed by atoms with van der Waals surface area (Å²) in [5, 5.41) is 0.557. The lowest BCUT2D eigenvalue weighted by molar-refractivity contribution is 0.602. The summed E-state index contributed by atoms with van der Waals surface area (Å²) in [7, 11) is 0. The molecule has 0 aliphatic rings. The largest absolute Gasteiger partial charge is 0.464 e. The van der Waals surface area contributed by atoms with Gasteiger partial charge in [-0.25, -0.2) is 0 Å². The molecule has 16 heavy (non-hydrogen) atoms. The van der Waals surface area contributed by atoms with Crippen molar-refractivity contribution in [2.24, 2.45) is 5.73 Å². The van der Waals surface area contributed by atoms with Gasteiger partial charge in [-0.3, -0.25) is 4.79 Å². The normalized spacial score (nSPS) is 9.81. The molecule has 0 bridgehead atoms. The maximum Gasteiger partial charge on any atom is 0.192 e. The fourth-order valence-corrected chi connectivity index (χ4v) is 1.40. The monoisotopic (exact) mass is 213 g/mol. The van der Waals surface area contributed by atoms with Gasteiger partial charge < -0.3 is 10.2 Å². The van der Waals surface area contributed by atoms with Crippen LogP contribution in [-0.4, -0.2) is 6.54 Å². The van der Waals surface area contributed by atoms with Crippen LogP contribution in [-0.2, 0) is 0 Å². The zero-order valence-electron chi connectivity index (χ0n) is 8.69. The Morgan fingerprint density at radius 2 is 2.19 bits per heavy atom. The molecule has 1 aromatic heterocycles. The van der Waals surface area contributed by atoms with E-state index in [4.69, 9.17) is 10.2 Å². The summed E-state index contributed by atoms with van der Waals surface area (Å²) < 4.78 is 5.20. The SMILES string of the molecule is NCCC#Cc1ccc2occc(=O)c2c1. The highest BCUT2D eigenvalue weighted by atomic mass is 16.3. The first kappa shape index (κ1) is 10.5. The van der Waals surface area contributed by atoms with Gasteiger partial charge in [0.05, 0.1) is 11.6 Å². The van der Waals surface area contributed by atoms with E-state index in [0.29, 0.717) is 23.9 Å². The third-order valence-corrected chi connectivity index (χ3v) is 2.16. The van der Waals surface area contributed by atoms with Crippen LogP contribution in [0.25, 0.3) is 11.0 Å². The molecule has 2 aromatic rings. The lowest BCUT2D eigenvalue weighted by atomic mass is 10.1. The van der Waals surface area contributed by atoms with Crippen LogP contribution in [0.4, 0.5) is 0 Å². The fraction of sp³-hybridized carbons (Fsp3) is 0.154. The Morgan fingerprint density at radius 3 is 3.00 bits per heavy atom. The number of hydrogen-bond donors (Lipinski definition) is 1. The van der Waals surface area contributed by atoms with Crippen molar-refractivity contribution in [3.8, 4) is 11.8 Å². The summed E-state index contributed by atoms with van der Waals surface area (Å²) in [6.07, 6.45) is 2.05. The predicted octanol–water partition coefficient (Wildman–Crippen LogP) is 1.49. The van der Waals surface area contributed by atoms with E-state index in [1.807, 2.05) is 6.07 Å². The van der Waals surface area contributed by atoms with Crippen molar-refractivity contribution in [2.45, 2.75) is 6.42 Å². The molecule has 0 aliphatic heterocycles. The summed E-state index contributed by atoms with van der Waals surface area (Å²) in [6, 6.07) is 6.72. The molecule has 0 saturated heterocycles. The topological polar surface area (TPSA) is 56.2 Å². The lowest BCUT2D eigenvalue weighted by Gasteiger charge is -1.95. The smallest absolute Gasteiger partial charge is 0.192 e. The number of hydrogen-bond acceptors (Lipinski definition) is 3. The number of fused-ring (bicyclic) bond motifs is 1. The Morgan fingerprint density at radius 1 is 1.31 bits per heavy atom. The molecule has 0 saturated carbocycles. The highest BCUT2D eigenvalue weighted by Crippen LogP contribution is 2.11. The molecule has 1 aromatic carbocycles. The quantitative estimate of drug-likeness (QED) is 0.730. The summed E-state index contributed by atoms with van der Waals surface area (Å²) in [5.74, 6) is 5.88. The Balaban J connectivity index is 2.49. The Bertz CT molecular complexity index is 617. The van der Waals surface area contributed by atoms with Crippen LogP contribution in [0.1, 0.15) is 12.0 Å².